The van der Waals surface area contributed by atoms with E-state index in [2.05, 4.69) is 26.5 Å². The minimum absolute atomic E-state index is 0.0735. The first kappa shape index (κ1) is 12.8. The van der Waals surface area contributed by atoms with E-state index in [1.807, 2.05) is 0 Å². The number of rotatable bonds is 4. The van der Waals surface area contributed by atoms with E-state index in [0.717, 1.165) is 17.8 Å². The smallest absolute Gasteiger partial charge is 0.307 e. The van der Waals surface area contributed by atoms with Crippen LogP contribution in [0.5, 0.6) is 0 Å². The molecular formula is C15H24O2S. The average Bonchev–Trinajstić information content (AvgIpc) is 2.65. The molecule has 2 atom stereocenters. The summed E-state index contributed by atoms with van der Waals surface area (Å²) in [5.41, 5.74) is -0.00550. The SMILES string of the molecule is CC(C)(OC(=O)CCS)C12CC3CC(CC1C3)C2. The molecule has 18 heavy (non-hydrogen) atoms. The fourth-order valence-corrected chi connectivity index (χ4v) is 5.49. The van der Waals surface area contributed by atoms with Gasteiger partial charge in [0.1, 0.15) is 5.60 Å². The lowest BCUT2D eigenvalue weighted by molar-refractivity contribution is -0.174. The number of hydrogen-bond acceptors (Lipinski definition) is 3. The van der Waals surface area contributed by atoms with Crippen LogP contribution in [-0.4, -0.2) is 17.3 Å². The molecule has 0 saturated heterocycles. The molecule has 0 aromatic rings. The van der Waals surface area contributed by atoms with Crippen LogP contribution >= 0.6 is 12.6 Å². The highest BCUT2D eigenvalue weighted by Gasteiger charge is 2.64. The molecule has 0 aliphatic heterocycles. The summed E-state index contributed by atoms with van der Waals surface area (Å²) in [5.74, 6) is 3.13. The summed E-state index contributed by atoms with van der Waals surface area (Å²) in [7, 11) is 0. The first-order chi connectivity index (χ1) is 8.47. The van der Waals surface area contributed by atoms with Crippen molar-refractivity contribution in [3.05, 3.63) is 0 Å². The van der Waals surface area contributed by atoms with Gasteiger partial charge in [0, 0.05) is 11.2 Å². The Morgan fingerprint density at radius 2 is 1.89 bits per heavy atom. The predicted molar refractivity (Wildman–Crippen MR) is 74.6 cm³/mol. The third-order valence-electron chi connectivity index (χ3n) is 5.87. The van der Waals surface area contributed by atoms with Gasteiger partial charge in [0.25, 0.3) is 0 Å². The molecule has 4 bridgehead atoms. The summed E-state index contributed by atoms with van der Waals surface area (Å²) in [6, 6.07) is 0. The number of hydrogen-bond donors (Lipinski definition) is 1. The summed E-state index contributed by atoms with van der Waals surface area (Å²) in [6.07, 6.45) is 7.19. The second-order valence-electron chi connectivity index (χ2n) is 7.16. The van der Waals surface area contributed by atoms with Gasteiger partial charge in [0.05, 0.1) is 6.42 Å². The Balaban J connectivity index is 1.79. The van der Waals surface area contributed by atoms with E-state index in [0.29, 0.717) is 12.2 Å². The zero-order valence-corrected chi connectivity index (χ0v) is 12.3. The quantitative estimate of drug-likeness (QED) is 0.624. The predicted octanol–water partition coefficient (Wildman–Crippen LogP) is 3.45. The van der Waals surface area contributed by atoms with Crippen LogP contribution in [0.4, 0.5) is 0 Å². The van der Waals surface area contributed by atoms with Crippen molar-refractivity contribution in [2.24, 2.45) is 23.2 Å². The largest absolute Gasteiger partial charge is 0.459 e. The number of carbonyl (C=O) groups is 1. The maximum absolute atomic E-state index is 11.8. The molecule has 102 valence electrons. The van der Waals surface area contributed by atoms with E-state index in [1.54, 1.807) is 0 Å². The van der Waals surface area contributed by atoms with E-state index in [9.17, 15) is 4.79 Å². The zero-order valence-electron chi connectivity index (χ0n) is 11.4. The van der Waals surface area contributed by atoms with Crippen molar-refractivity contribution in [2.45, 2.75) is 58.0 Å². The van der Waals surface area contributed by atoms with Gasteiger partial charge in [-0.1, -0.05) is 0 Å². The molecule has 0 spiro atoms. The van der Waals surface area contributed by atoms with E-state index >= 15 is 0 Å². The molecule has 0 radical (unpaired) electrons. The Hall–Kier alpha value is -0.180. The molecule has 4 aliphatic rings. The van der Waals surface area contributed by atoms with Gasteiger partial charge in [-0.25, -0.2) is 0 Å². The third kappa shape index (κ3) is 1.73. The molecular weight excluding hydrogens is 244 g/mol. The van der Waals surface area contributed by atoms with Crippen molar-refractivity contribution in [3.63, 3.8) is 0 Å². The van der Waals surface area contributed by atoms with Crippen molar-refractivity contribution in [2.75, 3.05) is 5.75 Å². The van der Waals surface area contributed by atoms with Crippen molar-refractivity contribution >= 4 is 18.6 Å². The number of esters is 1. The Kier molecular flexibility index (Phi) is 2.96. The van der Waals surface area contributed by atoms with Crippen molar-refractivity contribution in [3.8, 4) is 0 Å². The van der Waals surface area contributed by atoms with Gasteiger partial charge in [-0.2, -0.15) is 12.6 Å². The normalized spacial score (nSPS) is 41.4. The van der Waals surface area contributed by atoms with Gasteiger partial charge < -0.3 is 4.74 Å². The molecule has 4 fully saturated rings. The van der Waals surface area contributed by atoms with Gasteiger partial charge in [-0.15, -0.1) is 0 Å². The molecule has 4 aliphatic carbocycles. The zero-order chi connectivity index (χ0) is 13.0. The van der Waals surface area contributed by atoms with Gasteiger partial charge in [-0.3, -0.25) is 4.79 Å². The molecule has 0 aromatic carbocycles. The molecule has 0 heterocycles. The van der Waals surface area contributed by atoms with Gasteiger partial charge in [0.2, 0.25) is 0 Å². The Bertz CT molecular complexity index is 350. The first-order valence-corrected chi connectivity index (χ1v) is 7.93. The lowest BCUT2D eigenvalue weighted by atomic mass is 9.66. The van der Waals surface area contributed by atoms with Crippen LogP contribution in [0.1, 0.15) is 52.4 Å². The summed E-state index contributed by atoms with van der Waals surface area (Å²) < 4.78 is 5.85. The molecule has 2 nitrogen and oxygen atoms in total. The van der Waals surface area contributed by atoms with Crippen molar-refractivity contribution in [1.82, 2.24) is 0 Å². The summed E-state index contributed by atoms with van der Waals surface area (Å²) in [4.78, 5) is 11.8. The van der Waals surface area contributed by atoms with E-state index in [1.165, 1.54) is 32.1 Å². The highest BCUT2D eigenvalue weighted by Crippen LogP contribution is 2.69. The number of thiol groups is 1. The minimum atomic E-state index is -0.290. The van der Waals surface area contributed by atoms with Crippen molar-refractivity contribution < 1.29 is 9.53 Å². The standard InChI is InChI=1S/C15H24O2S/c1-14(2,17-13(16)3-4-18)15-8-10-5-11(9-15)7-12(15)6-10/h10-12,18H,3-9H2,1-2H3. The lowest BCUT2D eigenvalue weighted by Gasteiger charge is -2.45. The van der Waals surface area contributed by atoms with Crippen LogP contribution in [0.25, 0.3) is 0 Å². The monoisotopic (exact) mass is 268 g/mol. The highest BCUT2D eigenvalue weighted by atomic mass is 32.1. The average molecular weight is 268 g/mol. The topological polar surface area (TPSA) is 26.3 Å². The Morgan fingerprint density at radius 3 is 2.44 bits per heavy atom. The molecule has 0 aromatic heterocycles. The fourth-order valence-electron chi connectivity index (χ4n) is 5.31. The second-order valence-corrected chi connectivity index (χ2v) is 7.61. The van der Waals surface area contributed by atoms with Crippen LogP contribution in [-0.2, 0) is 9.53 Å². The van der Waals surface area contributed by atoms with Gasteiger partial charge in [0.15, 0.2) is 0 Å². The van der Waals surface area contributed by atoms with E-state index in [-0.39, 0.29) is 17.0 Å². The van der Waals surface area contributed by atoms with Crippen LogP contribution in [0.3, 0.4) is 0 Å². The maximum atomic E-state index is 11.8. The van der Waals surface area contributed by atoms with Crippen LogP contribution in [0, 0.1) is 23.2 Å². The van der Waals surface area contributed by atoms with E-state index < -0.39 is 0 Å². The minimum Gasteiger partial charge on any atom is -0.459 e. The lowest BCUT2D eigenvalue weighted by Crippen LogP contribution is -2.48. The molecule has 4 rings (SSSR count). The van der Waals surface area contributed by atoms with Gasteiger partial charge >= 0.3 is 5.97 Å². The van der Waals surface area contributed by atoms with Crippen molar-refractivity contribution in [1.29, 1.82) is 0 Å². The first-order valence-electron chi connectivity index (χ1n) is 7.29. The second kappa shape index (κ2) is 4.16. The van der Waals surface area contributed by atoms with Gasteiger partial charge in [-0.05, 0) is 63.7 Å². The van der Waals surface area contributed by atoms with Crippen LogP contribution < -0.4 is 0 Å². The summed E-state index contributed by atoms with van der Waals surface area (Å²) >= 11 is 4.11. The fraction of sp³-hybridized carbons (Fsp3) is 0.933. The van der Waals surface area contributed by atoms with Crippen LogP contribution in [0.2, 0.25) is 0 Å². The number of ether oxygens (including phenoxy) is 1. The molecule has 0 N–H and O–H groups in total. The highest BCUT2D eigenvalue weighted by molar-refractivity contribution is 7.80. The molecule has 3 heteroatoms. The van der Waals surface area contributed by atoms with E-state index in [4.69, 9.17) is 4.74 Å². The molecule has 4 saturated carbocycles. The van der Waals surface area contributed by atoms with Crippen LogP contribution in [0.15, 0.2) is 0 Å². The number of carbonyl (C=O) groups excluding carboxylic acids is 1. The molecule has 0 amide bonds. The Labute approximate surface area is 115 Å². The Morgan fingerprint density at radius 1 is 1.28 bits per heavy atom. The maximum Gasteiger partial charge on any atom is 0.307 e. The third-order valence-corrected chi connectivity index (χ3v) is 6.10. The summed E-state index contributed by atoms with van der Waals surface area (Å²) in [6.45, 7) is 4.29. The summed E-state index contributed by atoms with van der Waals surface area (Å²) in [5, 5.41) is 0. The molecule has 2 unspecified atom stereocenters.